The van der Waals surface area contributed by atoms with E-state index in [-0.39, 0.29) is 23.9 Å². The van der Waals surface area contributed by atoms with Crippen molar-refractivity contribution in [2.75, 3.05) is 0 Å². The number of halogens is 1. The number of pyridine rings is 1. The Kier molecular flexibility index (Phi) is 6.25. The molecule has 4 aromatic rings. The Labute approximate surface area is 227 Å². The molecule has 39 heavy (non-hydrogen) atoms. The van der Waals surface area contributed by atoms with Gasteiger partial charge in [-0.05, 0) is 99.5 Å². The van der Waals surface area contributed by atoms with Gasteiger partial charge in [0.25, 0.3) is 0 Å². The molecule has 2 heterocycles. The molecule has 1 unspecified atom stereocenters. The summed E-state index contributed by atoms with van der Waals surface area (Å²) in [5.41, 5.74) is 3.94. The van der Waals surface area contributed by atoms with Crippen molar-refractivity contribution in [1.82, 2.24) is 14.5 Å². The summed E-state index contributed by atoms with van der Waals surface area (Å²) >= 11 is 0. The zero-order chi connectivity index (χ0) is 27.4. The smallest absolute Gasteiger partial charge is 0.188 e. The molecule has 3 atom stereocenters. The highest BCUT2D eigenvalue weighted by atomic mass is 32.2. The molecular formula is C31H30FN3O3S. The summed E-state index contributed by atoms with van der Waals surface area (Å²) < 4.78 is 43.2. The SMILES string of the molecule is Cc1ccc(S(=O)(=O)[C@H]2CCC3Cc4c(ncn4-c4ccc(F)cc4)C[C@]3(C(=O)c3cc(C)ccn3)C2)cc1. The van der Waals surface area contributed by atoms with Crippen LogP contribution >= 0.6 is 0 Å². The van der Waals surface area contributed by atoms with Crippen LogP contribution in [0.4, 0.5) is 4.39 Å². The summed E-state index contributed by atoms with van der Waals surface area (Å²) in [5.74, 6) is -0.488. The second-order valence-corrected chi connectivity index (χ2v) is 13.3. The number of hydrogen-bond acceptors (Lipinski definition) is 5. The number of ketones is 1. The number of nitrogens with zero attached hydrogens (tertiary/aromatic N) is 3. The van der Waals surface area contributed by atoms with Crippen molar-refractivity contribution >= 4 is 15.6 Å². The maximum Gasteiger partial charge on any atom is 0.188 e. The minimum atomic E-state index is -3.64. The van der Waals surface area contributed by atoms with Crippen molar-refractivity contribution < 1.29 is 17.6 Å². The highest BCUT2D eigenvalue weighted by Crippen LogP contribution is 2.52. The van der Waals surface area contributed by atoms with E-state index in [1.807, 2.05) is 36.6 Å². The molecule has 0 amide bonds. The highest BCUT2D eigenvalue weighted by Gasteiger charge is 2.55. The molecule has 1 fully saturated rings. The van der Waals surface area contributed by atoms with Crippen molar-refractivity contribution in [1.29, 1.82) is 0 Å². The first kappa shape index (κ1) is 25.6. The van der Waals surface area contributed by atoms with Crippen LogP contribution in [-0.2, 0) is 22.7 Å². The van der Waals surface area contributed by atoms with Crippen LogP contribution in [0.25, 0.3) is 5.69 Å². The Bertz CT molecular complexity index is 1660. The Morgan fingerprint density at radius 2 is 1.72 bits per heavy atom. The molecule has 2 aliphatic carbocycles. The van der Waals surface area contributed by atoms with Crippen LogP contribution in [0, 0.1) is 31.0 Å². The van der Waals surface area contributed by atoms with Crippen molar-refractivity contribution in [2.24, 2.45) is 11.3 Å². The predicted octanol–water partition coefficient (Wildman–Crippen LogP) is 5.63. The number of carbonyl (C=O) groups is 1. The Morgan fingerprint density at radius 1 is 0.974 bits per heavy atom. The molecule has 2 aromatic heterocycles. The van der Waals surface area contributed by atoms with Crippen molar-refractivity contribution in [2.45, 2.75) is 56.1 Å². The number of hydrogen-bond donors (Lipinski definition) is 0. The zero-order valence-corrected chi connectivity index (χ0v) is 22.8. The molecular weight excluding hydrogens is 513 g/mol. The lowest BCUT2D eigenvalue weighted by Gasteiger charge is -2.48. The monoisotopic (exact) mass is 543 g/mol. The van der Waals surface area contributed by atoms with E-state index in [0.29, 0.717) is 36.3 Å². The maximum absolute atomic E-state index is 14.4. The van der Waals surface area contributed by atoms with Gasteiger partial charge in [-0.2, -0.15) is 0 Å². The molecule has 0 bridgehead atoms. The fraction of sp³-hybridized carbons (Fsp3) is 0.323. The molecule has 0 aliphatic heterocycles. The van der Waals surface area contributed by atoms with Crippen LogP contribution in [0.5, 0.6) is 0 Å². The fourth-order valence-electron chi connectivity index (χ4n) is 6.44. The van der Waals surface area contributed by atoms with Gasteiger partial charge in [-0.15, -0.1) is 0 Å². The van der Waals surface area contributed by atoms with Crippen LogP contribution in [0.2, 0.25) is 0 Å². The van der Waals surface area contributed by atoms with Gasteiger partial charge in [0.05, 0.1) is 22.2 Å². The number of sulfone groups is 1. The minimum absolute atomic E-state index is 0.0693. The number of Topliss-reactive ketones (excluding diaryl/α,β-unsaturated/α-hetero) is 1. The molecule has 0 saturated heterocycles. The third-order valence-corrected chi connectivity index (χ3v) is 10.8. The second kappa shape index (κ2) is 9.52. The third-order valence-electron chi connectivity index (χ3n) is 8.58. The number of carbonyl (C=O) groups excluding carboxylic acids is 1. The molecule has 1 saturated carbocycles. The standard InChI is InChI=1S/C31H30FN3O3S/c1-20-3-10-25(11-4-20)39(37,38)26-12-5-22-16-29-28(34-19-35(29)24-8-6-23(32)7-9-24)18-31(22,17-26)30(36)27-15-21(2)13-14-33-27/h3-4,6-11,13-15,19,22,26H,5,12,16-18H2,1-2H3/t22?,26-,31+/m0/s1. The first-order valence-electron chi connectivity index (χ1n) is 13.3. The molecule has 8 heteroatoms. The van der Waals surface area contributed by atoms with E-state index < -0.39 is 20.5 Å². The van der Waals surface area contributed by atoms with E-state index in [1.165, 1.54) is 12.1 Å². The van der Waals surface area contributed by atoms with E-state index >= 15 is 0 Å². The lowest BCUT2D eigenvalue weighted by atomic mass is 9.57. The summed E-state index contributed by atoms with van der Waals surface area (Å²) in [6.07, 6.45) is 5.59. The molecule has 0 radical (unpaired) electrons. The van der Waals surface area contributed by atoms with Crippen LogP contribution < -0.4 is 0 Å². The van der Waals surface area contributed by atoms with Gasteiger partial charge in [-0.25, -0.2) is 17.8 Å². The lowest BCUT2D eigenvalue weighted by molar-refractivity contribution is 0.0483. The largest absolute Gasteiger partial charge is 0.303 e. The van der Waals surface area contributed by atoms with E-state index in [0.717, 1.165) is 28.2 Å². The van der Waals surface area contributed by atoms with Gasteiger partial charge >= 0.3 is 0 Å². The van der Waals surface area contributed by atoms with Gasteiger partial charge in [0, 0.05) is 29.4 Å². The Morgan fingerprint density at radius 3 is 2.44 bits per heavy atom. The van der Waals surface area contributed by atoms with Gasteiger partial charge < -0.3 is 4.57 Å². The fourth-order valence-corrected chi connectivity index (χ4v) is 8.31. The van der Waals surface area contributed by atoms with Gasteiger partial charge in [-0.1, -0.05) is 17.7 Å². The van der Waals surface area contributed by atoms with Crippen molar-refractivity contribution in [3.8, 4) is 5.69 Å². The molecule has 6 rings (SSSR count). The molecule has 200 valence electrons. The highest BCUT2D eigenvalue weighted by molar-refractivity contribution is 7.92. The number of imidazole rings is 1. The number of aromatic nitrogens is 3. The average molecular weight is 544 g/mol. The third kappa shape index (κ3) is 4.40. The number of fused-ring (bicyclic) bond motifs is 2. The van der Waals surface area contributed by atoms with E-state index in [1.54, 1.807) is 42.9 Å². The Balaban J connectivity index is 1.43. The zero-order valence-electron chi connectivity index (χ0n) is 22.0. The maximum atomic E-state index is 14.4. The van der Waals surface area contributed by atoms with Gasteiger partial charge in [0.2, 0.25) is 0 Å². The number of benzene rings is 2. The minimum Gasteiger partial charge on any atom is -0.303 e. The van der Waals surface area contributed by atoms with Crippen LogP contribution in [0.1, 0.15) is 52.3 Å². The second-order valence-electron chi connectivity index (χ2n) is 11.0. The molecule has 0 N–H and O–H groups in total. The van der Waals surface area contributed by atoms with E-state index in [2.05, 4.69) is 9.97 Å². The first-order valence-corrected chi connectivity index (χ1v) is 14.8. The van der Waals surface area contributed by atoms with Crippen LogP contribution in [0.3, 0.4) is 0 Å². The van der Waals surface area contributed by atoms with Crippen LogP contribution in [-0.4, -0.2) is 34.0 Å². The lowest BCUT2D eigenvalue weighted by Crippen LogP contribution is -2.51. The normalized spacial score (nSPS) is 22.6. The van der Waals surface area contributed by atoms with Crippen molar-refractivity contribution in [3.63, 3.8) is 0 Å². The summed E-state index contributed by atoms with van der Waals surface area (Å²) in [6, 6.07) is 16.9. The summed E-state index contributed by atoms with van der Waals surface area (Å²) in [7, 11) is -3.64. The van der Waals surface area contributed by atoms with Gasteiger partial charge in [-0.3, -0.25) is 9.78 Å². The van der Waals surface area contributed by atoms with Crippen LogP contribution in [0.15, 0.2) is 78.1 Å². The molecule has 2 aromatic carbocycles. The average Bonchev–Trinajstić information content (AvgIpc) is 3.34. The number of rotatable bonds is 5. The molecule has 0 spiro atoms. The molecule has 2 aliphatic rings. The van der Waals surface area contributed by atoms with Gasteiger partial charge in [0.1, 0.15) is 11.5 Å². The first-order chi connectivity index (χ1) is 18.7. The quantitative estimate of drug-likeness (QED) is 0.305. The van der Waals surface area contributed by atoms with E-state index in [9.17, 15) is 17.6 Å². The number of aryl methyl sites for hydroxylation is 2. The topological polar surface area (TPSA) is 81.9 Å². The summed E-state index contributed by atoms with van der Waals surface area (Å²) in [5, 5.41) is -0.675. The van der Waals surface area contributed by atoms with Crippen molar-refractivity contribution in [3.05, 3.63) is 107 Å². The molecule has 6 nitrogen and oxygen atoms in total. The Hall–Kier alpha value is -3.65. The van der Waals surface area contributed by atoms with E-state index in [4.69, 9.17) is 0 Å². The van der Waals surface area contributed by atoms with Gasteiger partial charge in [0.15, 0.2) is 15.6 Å². The predicted molar refractivity (Wildman–Crippen MR) is 146 cm³/mol. The summed E-state index contributed by atoms with van der Waals surface area (Å²) in [6.45, 7) is 3.84. The summed E-state index contributed by atoms with van der Waals surface area (Å²) in [4.78, 5) is 23.7.